The Morgan fingerprint density at radius 1 is 1.43 bits per heavy atom. The van der Waals surface area contributed by atoms with Crippen LogP contribution in [-0.4, -0.2) is 48.2 Å². The number of nitrogens with one attached hydrogen (secondary N) is 1. The van der Waals surface area contributed by atoms with Crippen molar-refractivity contribution < 1.29 is 24.0 Å². The molecule has 1 heterocycles. The van der Waals surface area contributed by atoms with Crippen molar-refractivity contribution in [3.05, 3.63) is 38.3 Å². The van der Waals surface area contributed by atoms with E-state index < -0.39 is 34.6 Å². The summed E-state index contributed by atoms with van der Waals surface area (Å²) in [6, 6.07) is 0.512. The highest BCUT2D eigenvalue weighted by molar-refractivity contribution is 5.89. The highest BCUT2D eigenvalue weighted by Crippen LogP contribution is 2.09. The molecule has 126 valence electrons. The number of hydrogen-bond donors (Lipinski definition) is 1. The summed E-state index contributed by atoms with van der Waals surface area (Å²) in [5.41, 5.74) is -2.00. The van der Waals surface area contributed by atoms with E-state index in [1.807, 2.05) is 0 Å². The highest BCUT2D eigenvalue weighted by Gasteiger charge is 2.21. The molecule has 0 saturated heterocycles. The van der Waals surface area contributed by atoms with Crippen LogP contribution < -0.4 is 10.9 Å². The van der Waals surface area contributed by atoms with Gasteiger partial charge >= 0.3 is 17.2 Å². The Morgan fingerprint density at radius 3 is 2.61 bits per heavy atom. The van der Waals surface area contributed by atoms with Gasteiger partial charge in [-0.25, -0.2) is 4.79 Å². The molecule has 10 heteroatoms. The van der Waals surface area contributed by atoms with Crippen molar-refractivity contribution in [2.45, 2.75) is 19.5 Å². The molecule has 23 heavy (non-hydrogen) atoms. The van der Waals surface area contributed by atoms with E-state index in [2.05, 4.69) is 10.1 Å². The molecule has 0 aliphatic rings. The zero-order valence-corrected chi connectivity index (χ0v) is 12.9. The van der Waals surface area contributed by atoms with Crippen LogP contribution in [0.15, 0.2) is 17.1 Å². The monoisotopic (exact) mass is 327 g/mol. The minimum Gasteiger partial charge on any atom is -0.465 e. The molecule has 1 rings (SSSR count). The Balaban J connectivity index is 3.12. The Hall–Kier alpha value is -2.75. The van der Waals surface area contributed by atoms with E-state index in [9.17, 15) is 24.5 Å². The maximum absolute atomic E-state index is 12.0. The minimum absolute atomic E-state index is 0.198. The standard InChI is InChI=1S/C13H17N3O7/c1-8(7-22-2)14-11(17)6-15-5-9(13(19)23-3)4-10(12(15)18)16(20)21/h4-5,8H,6-7H2,1-3H3,(H,14,17). The van der Waals surface area contributed by atoms with E-state index in [4.69, 9.17) is 4.74 Å². The third kappa shape index (κ3) is 4.88. The van der Waals surface area contributed by atoms with Crippen molar-refractivity contribution in [1.82, 2.24) is 9.88 Å². The van der Waals surface area contributed by atoms with Gasteiger partial charge in [-0.15, -0.1) is 0 Å². The van der Waals surface area contributed by atoms with E-state index in [1.165, 1.54) is 7.11 Å². The SMILES string of the molecule is COCC(C)NC(=O)Cn1cc(C(=O)OC)cc([N+](=O)[O-])c1=O. The smallest absolute Gasteiger partial charge is 0.339 e. The molecule has 1 atom stereocenters. The molecule has 1 N–H and O–H groups in total. The Labute approximate surface area is 131 Å². The first-order valence-electron chi connectivity index (χ1n) is 6.55. The predicted octanol–water partition coefficient (Wildman–Crippen LogP) is -0.306. The van der Waals surface area contributed by atoms with Crippen LogP contribution in [0.25, 0.3) is 0 Å². The van der Waals surface area contributed by atoms with Crippen molar-refractivity contribution in [2.75, 3.05) is 20.8 Å². The summed E-state index contributed by atoms with van der Waals surface area (Å²) in [7, 11) is 2.57. The fourth-order valence-corrected chi connectivity index (χ4v) is 1.86. The van der Waals surface area contributed by atoms with Crippen LogP contribution in [-0.2, 0) is 20.8 Å². The average Bonchev–Trinajstić information content (AvgIpc) is 2.48. The van der Waals surface area contributed by atoms with Crippen LogP contribution in [0, 0.1) is 10.1 Å². The number of aromatic nitrogens is 1. The zero-order chi connectivity index (χ0) is 17.6. The normalized spacial score (nSPS) is 11.6. The summed E-state index contributed by atoms with van der Waals surface area (Å²) >= 11 is 0. The minimum atomic E-state index is -0.989. The lowest BCUT2D eigenvalue weighted by molar-refractivity contribution is -0.386. The van der Waals surface area contributed by atoms with Gasteiger partial charge in [-0.3, -0.25) is 24.3 Å². The van der Waals surface area contributed by atoms with Crippen LogP contribution in [0.1, 0.15) is 17.3 Å². The predicted molar refractivity (Wildman–Crippen MR) is 78.2 cm³/mol. The molecular formula is C13H17N3O7. The van der Waals surface area contributed by atoms with Gasteiger partial charge in [0.1, 0.15) is 6.54 Å². The Morgan fingerprint density at radius 2 is 2.09 bits per heavy atom. The molecule has 1 aromatic rings. The quantitative estimate of drug-likeness (QED) is 0.413. The maximum Gasteiger partial charge on any atom is 0.339 e. The van der Waals surface area contributed by atoms with Crippen LogP contribution in [0.5, 0.6) is 0 Å². The van der Waals surface area contributed by atoms with Crippen molar-refractivity contribution in [1.29, 1.82) is 0 Å². The van der Waals surface area contributed by atoms with Crippen LogP contribution in [0.4, 0.5) is 5.69 Å². The maximum atomic E-state index is 12.0. The topological polar surface area (TPSA) is 130 Å². The van der Waals surface area contributed by atoms with Crippen molar-refractivity contribution >= 4 is 17.6 Å². The van der Waals surface area contributed by atoms with E-state index in [-0.39, 0.29) is 18.2 Å². The molecule has 0 saturated carbocycles. The van der Waals surface area contributed by atoms with Gasteiger partial charge in [-0.05, 0) is 6.92 Å². The van der Waals surface area contributed by atoms with Crippen molar-refractivity contribution in [3.8, 4) is 0 Å². The van der Waals surface area contributed by atoms with Crippen LogP contribution in [0.2, 0.25) is 0 Å². The number of carbonyl (C=O) groups is 2. The molecule has 0 bridgehead atoms. The van der Waals surface area contributed by atoms with Gasteiger partial charge in [-0.2, -0.15) is 0 Å². The molecule has 0 aliphatic heterocycles. The number of ether oxygens (including phenoxy) is 2. The van der Waals surface area contributed by atoms with Gasteiger partial charge in [0.05, 0.1) is 24.2 Å². The first-order valence-corrected chi connectivity index (χ1v) is 6.55. The van der Waals surface area contributed by atoms with Gasteiger partial charge in [0.2, 0.25) is 5.91 Å². The fourth-order valence-electron chi connectivity index (χ4n) is 1.86. The first kappa shape index (κ1) is 18.3. The number of nitro groups is 1. The van der Waals surface area contributed by atoms with E-state index in [1.54, 1.807) is 6.92 Å². The second kappa shape index (κ2) is 8.03. The third-order valence-electron chi connectivity index (χ3n) is 2.82. The summed E-state index contributed by atoms with van der Waals surface area (Å²) in [6.45, 7) is 1.49. The number of amides is 1. The van der Waals surface area contributed by atoms with Gasteiger partial charge in [0.15, 0.2) is 0 Å². The third-order valence-corrected chi connectivity index (χ3v) is 2.82. The second-order valence-corrected chi connectivity index (χ2v) is 4.72. The molecule has 1 aromatic heterocycles. The first-order chi connectivity index (χ1) is 10.8. The zero-order valence-electron chi connectivity index (χ0n) is 12.9. The lowest BCUT2D eigenvalue weighted by Gasteiger charge is -2.13. The molecule has 0 fully saturated rings. The van der Waals surface area contributed by atoms with Crippen LogP contribution in [0.3, 0.4) is 0 Å². The molecule has 0 spiro atoms. The number of nitrogens with zero attached hydrogens (tertiary/aromatic N) is 2. The second-order valence-electron chi connectivity index (χ2n) is 4.72. The molecule has 0 radical (unpaired) electrons. The Kier molecular flexibility index (Phi) is 6.39. The van der Waals surface area contributed by atoms with Crippen molar-refractivity contribution in [3.63, 3.8) is 0 Å². The summed E-state index contributed by atoms with van der Waals surface area (Å²) in [5.74, 6) is -1.40. The lowest BCUT2D eigenvalue weighted by Crippen LogP contribution is -2.39. The summed E-state index contributed by atoms with van der Waals surface area (Å²) in [4.78, 5) is 45.4. The fraction of sp³-hybridized carbons (Fsp3) is 0.462. The lowest BCUT2D eigenvalue weighted by atomic mass is 10.2. The van der Waals surface area contributed by atoms with E-state index in [0.29, 0.717) is 0 Å². The number of carbonyl (C=O) groups excluding carboxylic acids is 2. The van der Waals surface area contributed by atoms with Crippen LogP contribution >= 0.6 is 0 Å². The average molecular weight is 327 g/mol. The summed E-state index contributed by atoms with van der Waals surface area (Å²) in [6.07, 6.45) is 1.04. The number of pyridine rings is 1. The molecule has 1 amide bonds. The van der Waals surface area contributed by atoms with E-state index in [0.717, 1.165) is 23.9 Å². The molecule has 0 aromatic carbocycles. The summed E-state index contributed by atoms with van der Waals surface area (Å²) in [5, 5.41) is 13.5. The largest absolute Gasteiger partial charge is 0.465 e. The molecular weight excluding hydrogens is 310 g/mol. The molecule has 1 unspecified atom stereocenters. The van der Waals surface area contributed by atoms with E-state index >= 15 is 0 Å². The molecule has 0 aliphatic carbocycles. The van der Waals surface area contributed by atoms with Gasteiger partial charge in [-0.1, -0.05) is 0 Å². The summed E-state index contributed by atoms with van der Waals surface area (Å²) < 4.78 is 10.1. The highest BCUT2D eigenvalue weighted by atomic mass is 16.6. The van der Waals surface area contributed by atoms with Gasteiger partial charge < -0.3 is 14.8 Å². The Bertz CT molecular complexity index is 668. The van der Waals surface area contributed by atoms with Crippen molar-refractivity contribution in [2.24, 2.45) is 0 Å². The number of esters is 1. The number of rotatable bonds is 7. The van der Waals surface area contributed by atoms with Gasteiger partial charge in [0, 0.05) is 25.4 Å². The van der Waals surface area contributed by atoms with Gasteiger partial charge in [0.25, 0.3) is 0 Å². The molecule has 10 nitrogen and oxygen atoms in total. The number of methoxy groups -OCH3 is 2. The number of hydrogen-bond acceptors (Lipinski definition) is 7.